The van der Waals surface area contributed by atoms with Crippen LogP contribution in [-0.4, -0.2) is 33.5 Å². The van der Waals surface area contributed by atoms with Gasteiger partial charge in [-0.2, -0.15) is 0 Å². The Bertz CT molecular complexity index is 1520. The smallest absolute Gasteiger partial charge is 0.147 e. The molecule has 1 unspecified atom stereocenters. The summed E-state index contributed by atoms with van der Waals surface area (Å²) in [4.78, 5) is 0. The van der Waals surface area contributed by atoms with Crippen molar-refractivity contribution in [1.82, 2.24) is 0 Å². The highest BCUT2D eigenvalue weighted by atomic mass is 79.9. The molecular formula is C30H26Br2Cl2F2O5. The van der Waals surface area contributed by atoms with Crippen LogP contribution >= 0.6 is 55.1 Å². The van der Waals surface area contributed by atoms with E-state index in [1.165, 1.54) is 32.4 Å². The van der Waals surface area contributed by atoms with Crippen LogP contribution in [0.15, 0.2) is 69.6 Å². The average molecular weight is 735 g/mol. The van der Waals surface area contributed by atoms with Crippen LogP contribution in [0.5, 0.6) is 23.0 Å². The third-order valence-corrected chi connectivity index (χ3v) is 7.87. The maximum Gasteiger partial charge on any atom is 0.147 e. The maximum absolute atomic E-state index is 14.1. The summed E-state index contributed by atoms with van der Waals surface area (Å²) in [5, 5.41) is 10.5. The molecule has 0 aliphatic heterocycles. The first-order chi connectivity index (χ1) is 19.6. The van der Waals surface area contributed by atoms with E-state index in [0.29, 0.717) is 45.0 Å². The van der Waals surface area contributed by atoms with Crippen LogP contribution in [0.2, 0.25) is 10.0 Å². The summed E-state index contributed by atoms with van der Waals surface area (Å²) in [7, 11) is 6.13. The fourth-order valence-electron chi connectivity index (χ4n) is 3.95. The van der Waals surface area contributed by atoms with Crippen molar-refractivity contribution in [2.75, 3.05) is 28.4 Å². The third-order valence-electron chi connectivity index (χ3n) is 6.04. The van der Waals surface area contributed by atoms with Crippen molar-refractivity contribution in [3.8, 4) is 23.0 Å². The molecule has 0 heterocycles. The van der Waals surface area contributed by atoms with Crippen molar-refractivity contribution < 1.29 is 32.8 Å². The highest BCUT2D eigenvalue weighted by Crippen LogP contribution is 2.39. The molecule has 0 saturated heterocycles. The molecule has 0 aliphatic rings. The summed E-state index contributed by atoms with van der Waals surface area (Å²) >= 11 is 18.3. The number of benzene rings is 4. The molecular weight excluding hydrogens is 709 g/mol. The average Bonchev–Trinajstić information content (AvgIpc) is 2.97. The largest absolute Gasteiger partial charge is 0.496 e. The lowest BCUT2D eigenvalue weighted by Gasteiger charge is -2.18. The predicted octanol–water partition coefficient (Wildman–Crippen LogP) is 9.19. The van der Waals surface area contributed by atoms with Gasteiger partial charge in [0, 0.05) is 29.7 Å². The van der Waals surface area contributed by atoms with E-state index >= 15 is 0 Å². The fourth-order valence-corrected chi connectivity index (χ4v) is 5.40. The maximum atomic E-state index is 14.1. The molecule has 5 nitrogen and oxygen atoms in total. The van der Waals surface area contributed by atoms with E-state index in [9.17, 15) is 13.9 Å². The zero-order chi connectivity index (χ0) is 30.3. The number of methoxy groups -OCH3 is 4. The van der Waals surface area contributed by atoms with Crippen LogP contribution in [0.25, 0.3) is 0 Å². The molecule has 0 bridgehead atoms. The van der Waals surface area contributed by atoms with Crippen molar-refractivity contribution in [1.29, 1.82) is 0 Å². The zero-order valence-corrected chi connectivity index (χ0v) is 27.1. The lowest BCUT2D eigenvalue weighted by molar-refractivity contribution is 0.209. The van der Waals surface area contributed by atoms with Crippen LogP contribution < -0.4 is 18.9 Å². The number of halogens is 6. The Hall–Kier alpha value is -2.56. The van der Waals surface area contributed by atoms with E-state index in [4.69, 9.17) is 42.1 Å². The Morgan fingerprint density at radius 2 is 1.17 bits per heavy atom. The van der Waals surface area contributed by atoms with Gasteiger partial charge in [0.1, 0.15) is 40.7 Å². The summed E-state index contributed by atoms with van der Waals surface area (Å²) in [6, 6.07) is 16.3. The Balaban J connectivity index is 0.000000226. The molecule has 1 N–H and O–H groups in total. The minimum absolute atomic E-state index is 0.0434. The summed E-state index contributed by atoms with van der Waals surface area (Å²) in [6.45, 7) is 0. The van der Waals surface area contributed by atoms with Crippen molar-refractivity contribution in [3.63, 3.8) is 0 Å². The molecule has 0 aliphatic carbocycles. The molecule has 11 heteroatoms. The minimum atomic E-state index is -1.21. The first-order valence-electron chi connectivity index (χ1n) is 11.9. The second-order valence-electron chi connectivity index (χ2n) is 8.46. The van der Waals surface area contributed by atoms with Crippen LogP contribution in [-0.2, 0) is 6.42 Å². The minimum Gasteiger partial charge on any atom is -0.496 e. The Kier molecular flexibility index (Phi) is 12.1. The number of rotatable bonds is 8. The number of ether oxygens (including phenoxy) is 4. The molecule has 218 valence electrons. The second-order valence-corrected chi connectivity index (χ2v) is 11.0. The van der Waals surface area contributed by atoms with Crippen LogP contribution in [0.4, 0.5) is 8.78 Å². The SMILES string of the molecule is COc1cc(OC)c(C(O)c2cccc(Cl)c2F)cc1Br.COc1cc(OC)c(Cc2cccc(Cl)c2F)cc1Br. The number of aliphatic hydroxyl groups excluding tert-OH is 1. The van der Waals surface area contributed by atoms with E-state index < -0.39 is 17.7 Å². The predicted molar refractivity (Wildman–Crippen MR) is 164 cm³/mol. The molecule has 41 heavy (non-hydrogen) atoms. The van der Waals surface area contributed by atoms with E-state index in [2.05, 4.69) is 31.9 Å². The number of aliphatic hydroxyl groups is 1. The highest BCUT2D eigenvalue weighted by Gasteiger charge is 2.22. The zero-order valence-electron chi connectivity index (χ0n) is 22.4. The van der Waals surface area contributed by atoms with E-state index in [-0.39, 0.29) is 15.6 Å². The van der Waals surface area contributed by atoms with E-state index in [1.807, 2.05) is 6.07 Å². The van der Waals surface area contributed by atoms with Gasteiger partial charge in [0.2, 0.25) is 0 Å². The van der Waals surface area contributed by atoms with Crippen molar-refractivity contribution in [3.05, 3.63) is 114 Å². The second kappa shape index (κ2) is 15.1. The monoisotopic (exact) mass is 732 g/mol. The van der Waals surface area contributed by atoms with Gasteiger partial charge in [-0.15, -0.1) is 0 Å². The van der Waals surface area contributed by atoms with Gasteiger partial charge in [-0.05, 0) is 67.3 Å². The molecule has 4 aromatic rings. The summed E-state index contributed by atoms with van der Waals surface area (Å²) in [6.07, 6.45) is -0.820. The Morgan fingerprint density at radius 1 is 0.659 bits per heavy atom. The molecule has 0 saturated carbocycles. The molecule has 4 aromatic carbocycles. The van der Waals surface area contributed by atoms with Gasteiger partial charge in [0.25, 0.3) is 0 Å². The topological polar surface area (TPSA) is 57.2 Å². The first kappa shape index (κ1) is 32.9. The van der Waals surface area contributed by atoms with Gasteiger partial charge >= 0.3 is 0 Å². The normalized spacial score (nSPS) is 11.3. The molecule has 0 aromatic heterocycles. The van der Waals surface area contributed by atoms with E-state index in [1.54, 1.807) is 50.6 Å². The van der Waals surface area contributed by atoms with Gasteiger partial charge in [0.05, 0.1) is 47.4 Å². The van der Waals surface area contributed by atoms with Gasteiger partial charge in [-0.25, -0.2) is 8.78 Å². The quantitative estimate of drug-likeness (QED) is 0.196. The van der Waals surface area contributed by atoms with Gasteiger partial charge in [-0.1, -0.05) is 47.5 Å². The Morgan fingerprint density at radius 3 is 1.76 bits per heavy atom. The third kappa shape index (κ3) is 7.84. The lowest BCUT2D eigenvalue weighted by atomic mass is 10.00. The molecule has 0 fully saturated rings. The van der Waals surface area contributed by atoms with E-state index in [0.717, 1.165) is 10.0 Å². The molecule has 1 atom stereocenters. The standard InChI is InChI=1S/C15H13BrClFO3.C15H13BrClFO2/c1-20-12-7-13(21-2)10(16)6-9(12)15(19)8-4-3-5-11(17)14(8)18;1-19-13-8-14(20-2)11(16)7-10(13)6-9-4-3-5-12(17)15(9)18/h3-7,15,19H,1-2H3;3-5,7-8H,6H2,1-2H3. The highest BCUT2D eigenvalue weighted by molar-refractivity contribution is 9.10. The number of hydrogen-bond acceptors (Lipinski definition) is 5. The van der Waals surface area contributed by atoms with Gasteiger partial charge in [-0.3, -0.25) is 0 Å². The summed E-state index contributed by atoms with van der Waals surface area (Å²) in [5.41, 5.74) is 1.86. The first-order valence-corrected chi connectivity index (χ1v) is 14.3. The molecule has 0 amide bonds. The van der Waals surface area contributed by atoms with Crippen molar-refractivity contribution in [2.24, 2.45) is 0 Å². The van der Waals surface area contributed by atoms with Crippen LogP contribution in [0, 0.1) is 11.6 Å². The molecule has 0 spiro atoms. The Labute approximate surface area is 264 Å². The summed E-state index contributed by atoms with van der Waals surface area (Å²) in [5.74, 6) is 1.20. The fraction of sp³-hybridized carbons (Fsp3) is 0.200. The lowest BCUT2D eigenvalue weighted by Crippen LogP contribution is -2.05. The van der Waals surface area contributed by atoms with Crippen LogP contribution in [0.3, 0.4) is 0 Å². The van der Waals surface area contributed by atoms with Gasteiger partial charge < -0.3 is 24.1 Å². The molecule has 0 radical (unpaired) electrons. The van der Waals surface area contributed by atoms with Gasteiger partial charge in [0.15, 0.2) is 0 Å². The summed E-state index contributed by atoms with van der Waals surface area (Å²) < 4.78 is 50.4. The molecule has 4 rings (SSSR count). The van der Waals surface area contributed by atoms with Crippen molar-refractivity contribution in [2.45, 2.75) is 12.5 Å². The van der Waals surface area contributed by atoms with Crippen LogP contribution in [0.1, 0.15) is 28.4 Å². The van der Waals surface area contributed by atoms with Crippen molar-refractivity contribution >= 4 is 55.1 Å². The number of hydrogen-bond donors (Lipinski definition) is 1.